The van der Waals surface area contributed by atoms with E-state index in [4.69, 9.17) is 10.00 Å². The van der Waals surface area contributed by atoms with Gasteiger partial charge in [-0.1, -0.05) is 5.92 Å². The highest BCUT2D eigenvalue weighted by Gasteiger charge is 2.24. The second-order valence-electron chi connectivity index (χ2n) is 3.63. The van der Waals surface area contributed by atoms with Crippen molar-refractivity contribution < 1.29 is 9.53 Å². The van der Waals surface area contributed by atoms with Crippen LogP contribution in [0.15, 0.2) is 0 Å². The molecule has 0 saturated carbocycles. The largest absolute Gasteiger partial charge is 0.381 e. The average Bonchev–Trinajstić information content (AvgIpc) is 2.31. The standard InChI is InChI=1S/C12H16N2O2/c1-2-4-12(15)14(8-3-7-13)11-5-9-16-10-6-11/h11H,3,5-6,8-10H2,1H3. The maximum Gasteiger partial charge on any atom is 0.298 e. The maximum atomic E-state index is 11.8. The maximum absolute atomic E-state index is 11.8. The summed E-state index contributed by atoms with van der Waals surface area (Å²) >= 11 is 0. The van der Waals surface area contributed by atoms with Crippen molar-refractivity contribution in [2.45, 2.75) is 32.2 Å². The SMILES string of the molecule is CC#CC(=O)N(CCC#N)C1CCOCC1. The zero-order valence-electron chi connectivity index (χ0n) is 9.53. The normalized spacial score (nSPS) is 15.8. The van der Waals surface area contributed by atoms with E-state index in [1.165, 1.54) is 0 Å². The van der Waals surface area contributed by atoms with Gasteiger partial charge < -0.3 is 9.64 Å². The number of rotatable bonds is 3. The molecular formula is C12H16N2O2. The van der Waals surface area contributed by atoms with E-state index in [0.29, 0.717) is 26.2 Å². The van der Waals surface area contributed by atoms with Gasteiger partial charge in [0.05, 0.1) is 12.5 Å². The van der Waals surface area contributed by atoms with Crippen LogP contribution in [0.3, 0.4) is 0 Å². The van der Waals surface area contributed by atoms with Crippen LogP contribution in [0, 0.1) is 23.2 Å². The van der Waals surface area contributed by atoms with E-state index >= 15 is 0 Å². The molecule has 0 atom stereocenters. The highest BCUT2D eigenvalue weighted by atomic mass is 16.5. The molecule has 1 saturated heterocycles. The predicted octanol–water partition coefficient (Wildman–Crippen LogP) is 0.931. The Morgan fingerprint density at radius 3 is 2.75 bits per heavy atom. The Morgan fingerprint density at radius 1 is 1.50 bits per heavy atom. The molecule has 0 bridgehead atoms. The van der Waals surface area contributed by atoms with Crippen molar-refractivity contribution in [3.05, 3.63) is 0 Å². The van der Waals surface area contributed by atoms with Gasteiger partial charge >= 0.3 is 0 Å². The van der Waals surface area contributed by atoms with Gasteiger partial charge in [-0.15, -0.1) is 0 Å². The fraction of sp³-hybridized carbons (Fsp3) is 0.667. The van der Waals surface area contributed by atoms with Crippen molar-refractivity contribution in [1.82, 2.24) is 4.90 Å². The predicted molar refractivity (Wildman–Crippen MR) is 59.2 cm³/mol. The molecule has 16 heavy (non-hydrogen) atoms. The summed E-state index contributed by atoms with van der Waals surface area (Å²) in [7, 11) is 0. The summed E-state index contributed by atoms with van der Waals surface area (Å²) < 4.78 is 5.26. The molecule has 0 unspecified atom stereocenters. The second kappa shape index (κ2) is 6.87. The first kappa shape index (κ1) is 12.5. The van der Waals surface area contributed by atoms with E-state index in [1.54, 1.807) is 11.8 Å². The molecule has 1 fully saturated rings. The van der Waals surface area contributed by atoms with E-state index in [9.17, 15) is 4.79 Å². The number of carbonyl (C=O) groups excluding carboxylic acids is 1. The molecule has 1 aliphatic heterocycles. The van der Waals surface area contributed by atoms with E-state index < -0.39 is 0 Å². The van der Waals surface area contributed by atoms with Gasteiger partial charge in [-0.25, -0.2) is 0 Å². The molecule has 1 rings (SSSR count). The third-order valence-corrected chi connectivity index (χ3v) is 2.59. The number of carbonyl (C=O) groups is 1. The van der Waals surface area contributed by atoms with E-state index in [-0.39, 0.29) is 11.9 Å². The van der Waals surface area contributed by atoms with Gasteiger partial charge in [0.25, 0.3) is 5.91 Å². The Bertz CT molecular complexity index is 329. The highest BCUT2D eigenvalue weighted by Crippen LogP contribution is 2.14. The molecule has 1 heterocycles. The van der Waals surface area contributed by atoms with Crippen LogP contribution in [0.5, 0.6) is 0 Å². The smallest absolute Gasteiger partial charge is 0.298 e. The fourth-order valence-electron chi connectivity index (χ4n) is 1.80. The highest BCUT2D eigenvalue weighted by molar-refractivity contribution is 5.93. The zero-order valence-corrected chi connectivity index (χ0v) is 9.53. The van der Waals surface area contributed by atoms with Crippen LogP contribution in [0.25, 0.3) is 0 Å². The molecule has 0 radical (unpaired) electrons. The number of nitrogens with zero attached hydrogens (tertiary/aromatic N) is 2. The van der Waals surface area contributed by atoms with Crippen molar-refractivity contribution >= 4 is 5.91 Å². The van der Waals surface area contributed by atoms with Crippen molar-refractivity contribution in [3.8, 4) is 17.9 Å². The minimum atomic E-state index is -0.176. The third-order valence-electron chi connectivity index (χ3n) is 2.59. The van der Waals surface area contributed by atoms with Gasteiger partial charge in [0.2, 0.25) is 0 Å². The molecule has 0 aromatic heterocycles. The molecule has 1 amide bonds. The summed E-state index contributed by atoms with van der Waals surface area (Å²) in [6.45, 7) is 3.47. The van der Waals surface area contributed by atoms with Crippen LogP contribution in [-0.2, 0) is 9.53 Å². The van der Waals surface area contributed by atoms with Gasteiger partial charge in [-0.3, -0.25) is 4.79 Å². The Hall–Kier alpha value is -1.52. The lowest BCUT2D eigenvalue weighted by Gasteiger charge is -2.32. The van der Waals surface area contributed by atoms with Crippen molar-refractivity contribution in [2.24, 2.45) is 0 Å². The quantitative estimate of drug-likeness (QED) is 0.665. The van der Waals surface area contributed by atoms with Gasteiger partial charge in [-0.2, -0.15) is 5.26 Å². The van der Waals surface area contributed by atoms with Crippen LogP contribution < -0.4 is 0 Å². The Balaban J connectivity index is 2.64. The summed E-state index contributed by atoms with van der Waals surface area (Å²) in [5.74, 6) is 4.97. The Morgan fingerprint density at radius 2 is 2.19 bits per heavy atom. The molecule has 1 aliphatic rings. The van der Waals surface area contributed by atoms with Crippen LogP contribution in [0.1, 0.15) is 26.2 Å². The minimum absolute atomic E-state index is 0.176. The molecule has 0 aliphatic carbocycles. The van der Waals surface area contributed by atoms with Crippen molar-refractivity contribution in [3.63, 3.8) is 0 Å². The molecule has 86 valence electrons. The number of hydrogen-bond acceptors (Lipinski definition) is 3. The molecule has 0 aromatic carbocycles. The average molecular weight is 220 g/mol. The monoisotopic (exact) mass is 220 g/mol. The zero-order chi connectivity index (χ0) is 11.8. The van der Waals surface area contributed by atoms with Gasteiger partial charge in [0.1, 0.15) is 0 Å². The first-order valence-electron chi connectivity index (χ1n) is 5.47. The summed E-state index contributed by atoms with van der Waals surface area (Å²) in [6.07, 6.45) is 2.03. The van der Waals surface area contributed by atoms with Crippen LogP contribution in [0.2, 0.25) is 0 Å². The fourth-order valence-corrected chi connectivity index (χ4v) is 1.80. The second-order valence-corrected chi connectivity index (χ2v) is 3.63. The summed E-state index contributed by atoms with van der Waals surface area (Å²) in [5.41, 5.74) is 0. The first-order chi connectivity index (χ1) is 7.79. The molecule has 4 heteroatoms. The lowest BCUT2D eigenvalue weighted by molar-refractivity contribution is -0.129. The van der Waals surface area contributed by atoms with Crippen molar-refractivity contribution in [1.29, 1.82) is 5.26 Å². The van der Waals surface area contributed by atoms with Crippen LogP contribution in [-0.4, -0.2) is 36.6 Å². The van der Waals surface area contributed by atoms with E-state index in [2.05, 4.69) is 17.9 Å². The topological polar surface area (TPSA) is 53.3 Å². The van der Waals surface area contributed by atoms with Crippen molar-refractivity contribution in [2.75, 3.05) is 19.8 Å². The van der Waals surface area contributed by atoms with Gasteiger partial charge in [0, 0.05) is 25.8 Å². The molecule has 0 spiro atoms. The number of ether oxygens (including phenoxy) is 1. The summed E-state index contributed by atoms with van der Waals surface area (Å²) in [6, 6.07) is 2.24. The lowest BCUT2D eigenvalue weighted by Crippen LogP contribution is -2.43. The van der Waals surface area contributed by atoms with E-state index in [1.807, 2.05) is 0 Å². The molecule has 4 nitrogen and oxygen atoms in total. The molecular weight excluding hydrogens is 204 g/mol. The number of nitriles is 1. The first-order valence-corrected chi connectivity index (χ1v) is 5.47. The number of hydrogen-bond donors (Lipinski definition) is 0. The van der Waals surface area contributed by atoms with Crippen LogP contribution in [0.4, 0.5) is 0 Å². The third kappa shape index (κ3) is 3.56. The summed E-state index contributed by atoms with van der Waals surface area (Å²) in [5, 5.41) is 8.58. The van der Waals surface area contributed by atoms with E-state index in [0.717, 1.165) is 12.8 Å². The Labute approximate surface area is 96.2 Å². The van der Waals surface area contributed by atoms with Gasteiger partial charge in [-0.05, 0) is 25.7 Å². The summed E-state index contributed by atoms with van der Waals surface area (Å²) in [4.78, 5) is 13.5. The van der Waals surface area contributed by atoms with Crippen LogP contribution >= 0.6 is 0 Å². The minimum Gasteiger partial charge on any atom is -0.381 e. The van der Waals surface area contributed by atoms with Gasteiger partial charge in [0.15, 0.2) is 0 Å². The number of amides is 1. The lowest BCUT2D eigenvalue weighted by atomic mass is 10.1. The Kier molecular flexibility index (Phi) is 5.39. The molecule has 0 N–H and O–H groups in total. The molecule has 0 aromatic rings.